The van der Waals surface area contributed by atoms with Crippen molar-refractivity contribution in [1.29, 1.82) is 0 Å². The molecule has 1 saturated carbocycles. The molecule has 0 saturated heterocycles. The van der Waals surface area contributed by atoms with Gasteiger partial charge in [0.1, 0.15) is 17.3 Å². The standard InChI is InChI=1S/C29H28N6O3/c1-2-37-23-10-12-26-24(15-23)29(32-21-9-11-25-19(13-21)16-30-35-25)34-28(33-26)18-5-3-8-22(14-18)38-17-27(36)31-20-6-4-7-20/h3,5,8-16,20H,2,4,6-7,17H2,1H3,(H,30,35)(H,31,36)(H,32,33,34). The Morgan fingerprint density at radius 1 is 1.03 bits per heavy atom. The van der Waals surface area contributed by atoms with Crippen LogP contribution in [0.5, 0.6) is 11.5 Å². The molecular weight excluding hydrogens is 480 g/mol. The van der Waals surface area contributed by atoms with E-state index in [1.54, 1.807) is 6.20 Å². The van der Waals surface area contributed by atoms with Crippen molar-refractivity contribution in [3.63, 3.8) is 0 Å². The summed E-state index contributed by atoms with van der Waals surface area (Å²) < 4.78 is 11.5. The van der Waals surface area contributed by atoms with E-state index >= 15 is 0 Å². The molecular formula is C29H28N6O3. The Hall–Kier alpha value is -4.66. The number of benzene rings is 3. The van der Waals surface area contributed by atoms with Crippen LogP contribution >= 0.6 is 0 Å². The summed E-state index contributed by atoms with van der Waals surface area (Å²) in [5.74, 6) is 2.42. The third-order valence-electron chi connectivity index (χ3n) is 6.61. The van der Waals surface area contributed by atoms with Crippen molar-refractivity contribution >= 4 is 39.2 Å². The first-order valence-electron chi connectivity index (χ1n) is 12.8. The van der Waals surface area contributed by atoms with Gasteiger partial charge in [0.05, 0.1) is 23.8 Å². The minimum Gasteiger partial charge on any atom is -0.494 e. The number of hydrogen-bond donors (Lipinski definition) is 3. The van der Waals surface area contributed by atoms with E-state index in [0.29, 0.717) is 24.0 Å². The summed E-state index contributed by atoms with van der Waals surface area (Å²) in [5.41, 5.74) is 3.39. The highest BCUT2D eigenvalue weighted by molar-refractivity contribution is 5.94. The fraction of sp³-hybridized carbons (Fsp3) is 0.241. The molecule has 1 fully saturated rings. The number of rotatable bonds is 9. The lowest BCUT2D eigenvalue weighted by Crippen LogP contribution is -2.41. The maximum absolute atomic E-state index is 12.2. The Balaban J connectivity index is 1.31. The lowest BCUT2D eigenvalue weighted by atomic mass is 9.93. The molecule has 5 aromatic rings. The first-order valence-corrected chi connectivity index (χ1v) is 12.8. The molecule has 3 N–H and O–H groups in total. The third-order valence-corrected chi connectivity index (χ3v) is 6.61. The van der Waals surface area contributed by atoms with Crippen LogP contribution in [0.4, 0.5) is 11.5 Å². The Bertz CT molecular complexity index is 1610. The van der Waals surface area contributed by atoms with Gasteiger partial charge >= 0.3 is 0 Å². The van der Waals surface area contributed by atoms with E-state index in [-0.39, 0.29) is 18.6 Å². The molecule has 3 aromatic carbocycles. The number of fused-ring (bicyclic) bond motifs is 2. The zero-order valence-electron chi connectivity index (χ0n) is 21.0. The van der Waals surface area contributed by atoms with Crippen LogP contribution < -0.4 is 20.1 Å². The summed E-state index contributed by atoms with van der Waals surface area (Å²) in [6, 6.07) is 19.5. The van der Waals surface area contributed by atoms with Crippen LogP contribution in [0, 0.1) is 0 Å². The number of anilines is 2. The molecule has 1 aliphatic rings. The monoisotopic (exact) mass is 508 g/mol. The van der Waals surface area contributed by atoms with Crippen LogP contribution in [0.15, 0.2) is 66.9 Å². The van der Waals surface area contributed by atoms with Crippen LogP contribution in [0.1, 0.15) is 26.2 Å². The topological polar surface area (TPSA) is 114 Å². The van der Waals surface area contributed by atoms with E-state index in [4.69, 9.17) is 19.4 Å². The second-order valence-electron chi connectivity index (χ2n) is 9.32. The molecule has 0 aliphatic heterocycles. The van der Waals surface area contributed by atoms with Crippen LogP contribution in [0.3, 0.4) is 0 Å². The van der Waals surface area contributed by atoms with Crippen molar-refractivity contribution in [2.45, 2.75) is 32.2 Å². The summed E-state index contributed by atoms with van der Waals surface area (Å²) in [6.07, 6.45) is 5.04. The van der Waals surface area contributed by atoms with Gasteiger partial charge in [0.25, 0.3) is 5.91 Å². The van der Waals surface area contributed by atoms with Crippen molar-refractivity contribution in [1.82, 2.24) is 25.5 Å². The number of nitrogens with zero attached hydrogens (tertiary/aromatic N) is 3. The van der Waals surface area contributed by atoms with Gasteiger partial charge in [-0.2, -0.15) is 5.10 Å². The average Bonchev–Trinajstić information content (AvgIpc) is 3.38. The van der Waals surface area contributed by atoms with Crippen molar-refractivity contribution in [3.05, 3.63) is 66.9 Å². The summed E-state index contributed by atoms with van der Waals surface area (Å²) in [7, 11) is 0. The number of carbonyl (C=O) groups is 1. The fourth-order valence-corrected chi connectivity index (χ4v) is 4.44. The van der Waals surface area contributed by atoms with Gasteiger partial charge in [0.15, 0.2) is 12.4 Å². The zero-order valence-corrected chi connectivity index (χ0v) is 21.0. The van der Waals surface area contributed by atoms with Crippen molar-refractivity contribution < 1.29 is 14.3 Å². The number of H-pyrrole nitrogens is 1. The molecule has 9 heteroatoms. The van der Waals surface area contributed by atoms with Crippen LogP contribution in [-0.2, 0) is 4.79 Å². The minimum atomic E-state index is -0.103. The SMILES string of the molecule is CCOc1ccc2nc(-c3cccc(OCC(=O)NC4CCC4)c3)nc(Nc3ccc4[nH]ncc4c3)c2c1. The molecule has 1 aliphatic carbocycles. The predicted molar refractivity (Wildman–Crippen MR) is 147 cm³/mol. The maximum Gasteiger partial charge on any atom is 0.258 e. The number of ether oxygens (including phenoxy) is 2. The largest absolute Gasteiger partial charge is 0.494 e. The van der Waals surface area contributed by atoms with E-state index < -0.39 is 0 Å². The molecule has 1 amide bonds. The number of carbonyl (C=O) groups excluding carboxylic acids is 1. The van der Waals surface area contributed by atoms with E-state index in [2.05, 4.69) is 20.8 Å². The first-order chi connectivity index (χ1) is 18.6. The third kappa shape index (κ3) is 5.08. The van der Waals surface area contributed by atoms with Crippen molar-refractivity contribution in [3.8, 4) is 22.9 Å². The normalized spacial score (nSPS) is 13.3. The van der Waals surface area contributed by atoms with E-state index in [9.17, 15) is 4.79 Å². The van der Waals surface area contributed by atoms with Crippen molar-refractivity contribution in [2.24, 2.45) is 0 Å². The number of aromatic nitrogens is 4. The van der Waals surface area contributed by atoms with E-state index in [0.717, 1.165) is 51.6 Å². The van der Waals surface area contributed by atoms with Gasteiger partial charge < -0.3 is 20.1 Å². The van der Waals surface area contributed by atoms with Crippen molar-refractivity contribution in [2.75, 3.05) is 18.5 Å². The van der Waals surface area contributed by atoms with Crippen LogP contribution in [-0.4, -0.2) is 45.3 Å². The Morgan fingerprint density at radius 2 is 1.92 bits per heavy atom. The Kier molecular flexibility index (Phi) is 6.47. The minimum absolute atomic E-state index is 0.0258. The summed E-state index contributed by atoms with van der Waals surface area (Å²) in [4.78, 5) is 21.9. The summed E-state index contributed by atoms with van der Waals surface area (Å²) >= 11 is 0. The lowest BCUT2D eigenvalue weighted by molar-refractivity contribution is -0.124. The first kappa shape index (κ1) is 23.7. The van der Waals surface area contributed by atoms with Gasteiger partial charge in [-0.15, -0.1) is 0 Å². The van der Waals surface area contributed by atoms with E-state index in [1.807, 2.05) is 67.6 Å². The molecule has 0 bridgehead atoms. The molecule has 9 nitrogen and oxygen atoms in total. The number of aromatic amines is 1. The van der Waals surface area contributed by atoms with Crippen LogP contribution in [0.25, 0.3) is 33.2 Å². The number of nitrogens with one attached hydrogen (secondary N) is 3. The average molecular weight is 509 g/mol. The molecule has 2 heterocycles. The molecule has 0 spiro atoms. The summed E-state index contributed by atoms with van der Waals surface area (Å²) in [5, 5.41) is 15.4. The zero-order chi connectivity index (χ0) is 25.9. The maximum atomic E-state index is 12.2. The molecule has 0 radical (unpaired) electrons. The highest BCUT2D eigenvalue weighted by Crippen LogP contribution is 2.32. The molecule has 2 aromatic heterocycles. The molecule has 192 valence electrons. The molecule has 6 rings (SSSR count). The fourth-order valence-electron chi connectivity index (χ4n) is 4.44. The smallest absolute Gasteiger partial charge is 0.258 e. The second-order valence-corrected chi connectivity index (χ2v) is 9.32. The van der Waals surface area contributed by atoms with Gasteiger partial charge in [-0.3, -0.25) is 9.89 Å². The molecule has 0 unspecified atom stereocenters. The van der Waals surface area contributed by atoms with Gasteiger partial charge in [-0.05, 0) is 74.7 Å². The highest BCUT2D eigenvalue weighted by atomic mass is 16.5. The number of hydrogen-bond acceptors (Lipinski definition) is 7. The van der Waals surface area contributed by atoms with Gasteiger partial charge in [-0.25, -0.2) is 9.97 Å². The Morgan fingerprint density at radius 3 is 2.76 bits per heavy atom. The van der Waals surface area contributed by atoms with Gasteiger partial charge in [0.2, 0.25) is 0 Å². The van der Waals surface area contributed by atoms with Crippen LogP contribution in [0.2, 0.25) is 0 Å². The van der Waals surface area contributed by atoms with Gasteiger partial charge in [-0.1, -0.05) is 12.1 Å². The lowest BCUT2D eigenvalue weighted by Gasteiger charge is -2.26. The van der Waals surface area contributed by atoms with Gasteiger partial charge in [0, 0.05) is 28.1 Å². The summed E-state index contributed by atoms with van der Waals surface area (Å²) in [6.45, 7) is 2.49. The molecule has 0 atom stereocenters. The quantitative estimate of drug-likeness (QED) is 0.245. The van der Waals surface area contributed by atoms with E-state index in [1.165, 1.54) is 6.42 Å². The highest BCUT2D eigenvalue weighted by Gasteiger charge is 2.19. The number of amides is 1. The molecule has 38 heavy (non-hydrogen) atoms. The second kappa shape index (κ2) is 10.4. The predicted octanol–water partition coefficient (Wildman–Crippen LogP) is 5.36. The Labute approximate surface area is 219 Å².